The fourth-order valence-electron chi connectivity index (χ4n) is 3.29. The van der Waals surface area contributed by atoms with Crippen LogP contribution < -0.4 is 0 Å². The van der Waals surface area contributed by atoms with E-state index in [1.54, 1.807) is 0 Å². The Morgan fingerprint density at radius 2 is 2.36 bits per heavy atom. The first-order valence-electron chi connectivity index (χ1n) is 5.58. The summed E-state index contributed by atoms with van der Waals surface area (Å²) < 4.78 is 13.4. The van der Waals surface area contributed by atoms with E-state index in [1.165, 1.54) is 5.57 Å². The van der Waals surface area contributed by atoms with Gasteiger partial charge in [0.1, 0.15) is 6.17 Å². The molecule has 2 atom stereocenters. The summed E-state index contributed by atoms with van der Waals surface area (Å²) in [5, 5.41) is 0. The van der Waals surface area contributed by atoms with Crippen molar-refractivity contribution in [2.75, 3.05) is 13.1 Å². The fraction of sp³-hybridized carbons (Fsp3) is 0.833. The quantitative estimate of drug-likeness (QED) is 0.615. The van der Waals surface area contributed by atoms with Gasteiger partial charge in [-0.3, -0.25) is 4.90 Å². The summed E-state index contributed by atoms with van der Waals surface area (Å²) >= 11 is 0. The van der Waals surface area contributed by atoms with Crippen molar-refractivity contribution < 1.29 is 4.39 Å². The maximum Gasteiger partial charge on any atom is 0.115 e. The Morgan fingerprint density at radius 1 is 1.64 bits per heavy atom. The van der Waals surface area contributed by atoms with Gasteiger partial charge in [0.25, 0.3) is 0 Å². The number of alkyl halides is 1. The molecule has 2 aliphatic rings. The number of hydrogen-bond acceptors (Lipinski definition) is 1. The van der Waals surface area contributed by atoms with E-state index >= 15 is 0 Å². The highest BCUT2D eigenvalue weighted by atomic mass is 19.1. The van der Waals surface area contributed by atoms with Crippen LogP contribution in [-0.2, 0) is 0 Å². The lowest BCUT2D eigenvalue weighted by Crippen LogP contribution is -2.39. The third-order valence-corrected chi connectivity index (χ3v) is 3.47. The van der Waals surface area contributed by atoms with E-state index in [4.69, 9.17) is 0 Å². The molecule has 1 nitrogen and oxygen atoms in total. The van der Waals surface area contributed by atoms with E-state index in [9.17, 15) is 4.39 Å². The van der Waals surface area contributed by atoms with Crippen LogP contribution in [0.1, 0.15) is 33.1 Å². The van der Waals surface area contributed by atoms with Crippen molar-refractivity contribution >= 4 is 0 Å². The van der Waals surface area contributed by atoms with E-state index in [0.29, 0.717) is 12.5 Å². The van der Waals surface area contributed by atoms with Gasteiger partial charge in [-0.05, 0) is 25.2 Å². The van der Waals surface area contributed by atoms with Crippen molar-refractivity contribution in [3.05, 3.63) is 12.2 Å². The van der Waals surface area contributed by atoms with Crippen LogP contribution in [0.25, 0.3) is 0 Å². The van der Waals surface area contributed by atoms with Gasteiger partial charge in [0.2, 0.25) is 0 Å². The molecule has 14 heavy (non-hydrogen) atoms. The molecule has 2 heterocycles. The number of rotatable bonds is 2. The summed E-state index contributed by atoms with van der Waals surface area (Å²) in [7, 11) is 0. The van der Waals surface area contributed by atoms with Crippen molar-refractivity contribution in [2.45, 2.75) is 44.8 Å². The first kappa shape index (κ1) is 10.2. The first-order chi connectivity index (χ1) is 6.52. The molecule has 0 bridgehead atoms. The van der Waals surface area contributed by atoms with Crippen molar-refractivity contribution in [3.8, 4) is 0 Å². The maximum absolute atomic E-state index is 13.4. The summed E-state index contributed by atoms with van der Waals surface area (Å²) in [6.45, 7) is 10.0. The zero-order valence-electron chi connectivity index (χ0n) is 9.22. The van der Waals surface area contributed by atoms with Gasteiger partial charge in [-0.2, -0.15) is 0 Å². The summed E-state index contributed by atoms with van der Waals surface area (Å²) in [5.41, 5.74) is 1.42. The van der Waals surface area contributed by atoms with Gasteiger partial charge in [0.05, 0.1) is 0 Å². The Kier molecular flexibility index (Phi) is 2.42. The summed E-state index contributed by atoms with van der Waals surface area (Å²) in [6, 6.07) is 0. The lowest BCUT2D eigenvalue weighted by atomic mass is 9.84. The molecule has 2 rings (SSSR count). The van der Waals surface area contributed by atoms with Crippen LogP contribution in [0.4, 0.5) is 4.39 Å². The highest BCUT2D eigenvalue weighted by Gasteiger charge is 2.49. The zero-order chi connectivity index (χ0) is 10.3. The molecular formula is C12H20FN. The van der Waals surface area contributed by atoms with Crippen LogP contribution in [0.2, 0.25) is 0 Å². The topological polar surface area (TPSA) is 3.24 Å². The largest absolute Gasteiger partial charge is 0.290 e. The maximum atomic E-state index is 13.4. The molecule has 0 amide bonds. The van der Waals surface area contributed by atoms with E-state index in [2.05, 4.69) is 25.3 Å². The Balaban J connectivity index is 2.16. The molecule has 0 saturated carbocycles. The van der Waals surface area contributed by atoms with Gasteiger partial charge < -0.3 is 0 Å². The number of fused-ring (bicyclic) bond motifs is 1. The standard InChI is InChI=1S/C12H20FN/c1-9(2)4-12-5-10(3)7-14(12)8-11(13)6-12/h9,11H,3-8H2,1-2H3/t11-,12-/m0/s1. The molecule has 0 aromatic carbocycles. The van der Waals surface area contributed by atoms with Crippen LogP contribution in [0.15, 0.2) is 12.2 Å². The van der Waals surface area contributed by atoms with E-state index in [0.717, 1.165) is 25.8 Å². The lowest BCUT2D eigenvalue weighted by Gasteiger charge is -2.32. The van der Waals surface area contributed by atoms with Crippen molar-refractivity contribution in [1.82, 2.24) is 4.90 Å². The molecule has 80 valence electrons. The van der Waals surface area contributed by atoms with Crippen LogP contribution in [0, 0.1) is 5.92 Å². The van der Waals surface area contributed by atoms with Crippen LogP contribution >= 0.6 is 0 Å². The van der Waals surface area contributed by atoms with Crippen LogP contribution in [0.5, 0.6) is 0 Å². The molecule has 2 fully saturated rings. The number of hydrogen-bond donors (Lipinski definition) is 0. The molecule has 0 N–H and O–H groups in total. The molecule has 0 spiro atoms. The summed E-state index contributed by atoms with van der Waals surface area (Å²) in [5.74, 6) is 0.647. The van der Waals surface area contributed by atoms with Crippen LogP contribution in [-0.4, -0.2) is 29.7 Å². The Hall–Kier alpha value is -0.370. The highest BCUT2D eigenvalue weighted by Crippen LogP contribution is 2.45. The predicted molar refractivity (Wildman–Crippen MR) is 57.0 cm³/mol. The summed E-state index contributed by atoms with van der Waals surface area (Å²) in [6.07, 6.45) is 2.25. The smallest absolute Gasteiger partial charge is 0.115 e. The molecule has 0 aromatic rings. The van der Waals surface area contributed by atoms with Crippen molar-refractivity contribution in [3.63, 3.8) is 0 Å². The number of nitrogens with zero attached hydrogens (tertiary/aromatic N) is 1. The SMILES string of the molecule is C=C1CN2C[C@@H](F)C[C@]2(CC(C)C)C1. The second kappa shape index (κ2) is 3.34. The second-order valence-electron chi connectivity index (χ2n) is 5.43. The van der Waals surface area contributed by atoms with Gasteiger partial charge in [-0.15, -0.1) is 0 Å². The third-order valence-electron chi connectivity index (χ3n) is 3.47. The van der Waals surface area contributed by atoms with Gasteiger partial charge in [-0.1, -0.05) is 26.0 Å². The first-order valence-corrected chi connectivity index (χ1v) is 5.58. The minimum atomic E-state index is -0.609. The van der Waals surface area contributed by atoms with Gasteiger partial charge in [-0.25, -0.2) is 4.39 Å². The lowest BCUT2D eigenvalue weighted by molar-refractivity contribution is 0.163. The molecule has 2 heteroatoms. The normalized spacial score (nSPS) is 38.3. The highest BCUT2D eigenvalue weighted by molar-refractivity contribution is 5.19. The van der Waals surface area contributed by atoms with E-state index < -0.39 is 6.17 Å². The third kappa shape index (κ3) is 1.60. The van der Waals surface area contributed by atoms with Gasteiger partial charge in [0, 0.05) is 18.6 Å². The average molecular weight is 197 g/mol. The van der Waals surface area contributed by atoms with Gasteiger partial charge >= 0.3 is 0 Å². The molecule has 0 aliphatic carbocycles. The molecule has 2 saturated heterocycles. The Morgan fingerprint density at radius 3 is 3.00 bits per heavy atom. The Labute approximate surface area is 86.0 Å². The molecule has 0 radical (unpaired) electrons. The minimum absolute atomic E-state index is 0.130. The predicted octanol–water partition coefficient (Wildman–Crippen LogP) is 2.78. The van der Waals surface area contributed by atoms with Crippen molar-refractivity contribution in [2.24, 2.45) is 5.92 Å². The van der Waals surface area contributed by atoms with E-state index in [-0.39, 0.29) is 5.54 Å². The second-order valence-corrected chi connectivity index (χ2v) is 5.43. The zero-order valence-corrected chi connectivity index (χ0v) is 9.22. The molecule has 0 unspecified atom stereocenters. The Bertz CT molecular complexity index is 249. The number of halogens is 1. The van der Waals surface area contributed by atoms with E-state index in [1.807, 2.05) is 0 Å². The molecule has 2 aliphatic heterocycles. The molecule has 0 aromatic heterocycles. The summed E-state index contributed by atoms with van der Waals surface area (Å²) in [4.78, 5) is 2.32. The average Bonchev–Trinajstić information content (AvgIpc) is 2.36. The fourth-order valence-corrected chi connectivity index (χ4v) is 3.29. The molecular weight excluding hydrogens is 177 g/mol. The van der Waals surface area contributed by atoms with Crippen LogP contribution in [0.3, 0.4) is 0 Å². The van der Waals surface area contributed by atoms with Gasteiger partial charge in [0.15, 0.2) is 0 Å². The monoisotopic (exact) mass is 197 g/mol. The minimum Gasteiger partial charge on any atom is -0.290 e. The van der Waals surface area contributed by atoms with Crippen molar-refractivity contribution in [1.29, 1.82) is 0 Å².